The molecule has 0 radical (unpaired) electrons. The van der Waals surface area contributed by atoms with Crippen LogP contribution in [-0.2, 0) is 6.42 Å². The second kappa shape index (κ2) is 6.69. The smallest absolute Gasteiger partial charge is 0.262 e. The van der Waals surface area contributed by atoms with Crippen LogP contribution in [-0.4, -0.2) is 12.5 Å². The molecule has 0 spiro atoms. The van der Waals surface area contributed by atoms with E-state index in [9.17, 15) is 4.79 Å². The zero-order valence-corrected chi connectivity index (χ0v) is 13.9. The Morgan fingerprint density at radius 3 is 2.55 bits per heavy atom. The fraction of sp³-hybridized carbons (Fsp3) is 0.118. The predicted molar refractivity (Wildman–Crippen MR) is 94.3 cm³/mol. The van der Waals surface area contributed by atoms with Crippen molar-refractivity contribution in [2.24, 2.45) is 0 Å². The molecule has 0 aliphatic rings. The van der Waals surface area contributed by atoms with Crippen molar-refractivity contribution in [2.45, 2.75) is 6.42 Å². The summed E-state index contributed by atoms with van der Waals surface area (Å²) in [5.41, 5.74) is 1.02. The molecule has 22 heavy (non-hydrogen) atoms. The predicted octanol–water partition coefficient (Wildman–Crippen LogP) is 5.18. The average Bonchev–Trinajstić information content (AvgIpc) is 2.87. The number of benzene rings is 2. The minimum absolute atomic E-state index is 0.141. The number of amides is 1. The zero-order valence-electron chi connectivity index (χ0n) is 11.6. The summed E-state index contributed by atoms with van der Waals surface area (Å²) in [6.45, 7) is 0.521. The van der Waals surface area contributed by atoms with E-state index in [4.69, 9.17) is 23.2 Å². The van der Waals surface area contributed by atoms with Gasteiger partial charge in [0, 0.05) is 21.7 Å². The van der Waals surface area contributed by atoms with Gasteiger partial charge in [-0.25, -0.2) is 0 Å². The van der Waals surface area contributed by atoms with Crippen LogP contribution in [0.4, 0.5) is 0 Å². The fourth-order valence-electron chi connectivity index (χ4n) is 2.25. The molecule has 112 valence electrons. The third kappa shape index (κ3) is 3.12. The molecule has 5 heteroatoms. The summed E-state index contributed by atoms with van der Waals surface area (Å²) < 4.78 is 1.02. The van der Waals surface area contributed by atoms with Crippen LogP contribution in [0.5, 0.6) is 0 Å². The molecule has 1 aromatic heterocycles. The summed E-state index contributed by atoms with van der Waals surface area (Å²) >= 11 is 13.8. The lowest BCUT2D eigenvalue weighted by Gasteiger charge is -2.06. The van der Waals surface area contributed by atoms with E-state index in [-0.39, 0.29) is 5.91 Å². The van der Waals surface area contributed by atoms with E-state index in [1.165, 1.54) is 11.3 Å². The van der Waals surface area contributed by atoms with Crippen molar-refractivity contribution in [1.82, 2.24) is 5.32 Å². The second-order valence-corrected chi connectivity index (χ2v) is 6.68. The molecule has 0 fully saturated rings. The van der Waals surface area contributed by atoms with E-state index in [0.717, 1.165) is 20.7 Å². The van der Waals surface area contributed by atoms with Gasteiger partial charge in [0.2, 0.25) is 0 Å². The standard InChI is InChI=1S/C17H13Cl2NOS/c18-13-7-3-1-5-11(13)9-10-20-17(21)16-15(19)12-6-2-4-8-14(12)22-16/h1-8H,9-10H2,(H,20,21). The molecule has 3 rings (SSSR count). The lowest BCUT2D eigenvalue weighted by molar-refractivity contribution is 0.0958. The van der Waals surface area contributed by atoms with Gasteiger partial charge in [-0.05, 0) is 24.1 Å². The van der Waals surface area contributed by atoms with Gasteiger partial charge >= 0.3 is 0 Å². The van der Waals surface area contributed by atoms with Gasteiger partial charge in [-0.1, -0.05) is 59.6 Å². The number of hydrogen-bond acceptors (Lipinski definition) is 2. The molecule has 0 aliphatic carbocycles. The van der Waals surface area contributed by atoms with Crippen molar-refractivity contribution in [3.63, 3.8) is 0 Å². The highest BCUT2D eigenvalue weighted by Crippen LogP contribution is 2.34. The number of rotatable bonds is 4. The molecule has 0 atom stereocenters. The summed E-state index contributed by atoms with van der Waals surface area (Å²) in [6, 6.07) is 15.4. The Morgan fingerprint density at radius 2 is 1.77 bits per heavy atom. The quantitative estimate of drug-likeness (QED) is 0.690. The maximum atomic E-state index is 12.3. The number of thiophene rings is 1. The first-order chi connectivity index (χ1) is 10.7. The lowest BCUT2D eigenvalue weighted by Crippen LogP contribution is -2.25. The second-order valence-electron chi connectivity index (χ2n) is 4.84. The molecular weight excluding hydrogens is 337 g/mol. The maximum absolute atomic E-state index is 12.3. The average molecular weight is 350 g/mol. The van der Waals surface area contributed by atoms with E-state index < -0.39 is 0 Å². The molecule has 1 amide bonds. The van der Waals surface area contributed by atoms with Crippen LogP contribution in [0.2, 0.25) is 10.0 Å². The monoisotopic (exact) mass is 349 g/mol. The topological polar surface area (TPSA) is 29.1 Å². The fourth-order valence-corrected chi connectivity index (χ4v) is 3.92. The van der Waals surface area contributed by atoms with E-state index in [1.807, 2.05) is 48.5 Å². The maximum Gasteiger partial charge on any atom is 0.262 e. The Bertz CT molecular complexity index is 828. The lowest BCUT2D eigenvalue weighted by atomic mass is 10.1. The molecule has 1 N–H and O–H groups in total. The number of halogens is 2. The van der Waals surface area contributed by atoms with E-state index in [1.54, 1.807) is 0 Å². The number of carbonyl (C=O) groups excluding carboxylic acids is 1. The van der Waals surface area contributed by atoms with Crippen molar-refractivity contribution in [1.29, 1.82) is 0 Å². The zero-order chi connectivity index (χ0) is 15.5. The minimum atomic E-state index is -0.141. The summed E-state index contributed by atoms with van der Waals surface area (Å²) in [5.74, 6) is -0.141. The SMILES string of the molecule is O=C(NCCc1ccccc1Cl)c1sc2ccccc2c1Cl. The summed E-state index contributed by atoms with van der Waals surface area (Å²) in [5, 5.41) is 5.07. The van der Waals surface area contributed by atoms with E-state index in [0.29, 0.717) is 22.9 Å². The van der Waals surface area contributed by atoms with E-state index in [2.05, 4.69) is 5.32 Å². The number of fused-ring (bicyclic) bond motifs is 1. The Kier molecular flexibility index (Phi) is 4.67. The van der Waals surface area contributed by atoms with Gasteiger partial charge in [0.1, 0.15) is 4.88 Å². The number of carbonyl (C=O) groups is 1. The van der Waals surface area contributed by atoms with Crippen LogP contribution < -0.4 is 5.32 Å². The Morgan fingerprint density at radius 1 is 1.05 bits per heavy atom. The highest BCUT2D eigenvalue weighted by Gasteiger charge is 2.16. The van der Waals surface area contributed by atoms with Gasteiger partial charge in [0.05, 0.1) is 5.02 Å². The minimum Gasteiger partial charge on any atom is -0.351 e. The summed E-state index contributed by atoms with van der Waals surface area (Å²) in [6.07, 6.45) is 0.688. The molecule has 2 aromatic carbocycles. The largest absolute Gasteiger partial charge is 0.351 e. The normalized spacial score (nSPS) is 10.8. The molecular formula is C17H13Cl2NOS. The molecule has 0 saturated heterocycles. The molecule has 0 bridgehead atoms. The van der Waals surface area contributed by atoms with Crippen LogP contribution in [0, 0.1) is 0 Å². The Hall–Kier alpha value is -1.55. The van der Waals surface area contributed by atoms with Gasteiger partial charge in [-0.2, -0.15) is 0 Å². The van der Waals surface area contributed by atoms with Crippen molar-refractivity contribution in [3.8, 4) is 0 Å². The number of nitrogens with one attached hydrogen (secondary N) is 1. The molecule has 0 unspecified atom stereocenters. The molecule has 2 nitrogen and oxygen atoms in total. The molecule has 3 aromatic rings. The summed E-state index contributed by atoms with van der Waals surface area (Å²) in [7, 11) is 0. The van der Waals surface area contributed by atoms with Gasteiger partial charge in [0.25, 0.3) is 5.91 Å². The van der Waals surface area contributed by atoms with Crippen molar-refractivity contribution < 1.29 is 4.79 Å². The van der Waals surface area contributed by atoms with Crippen molar-refractivity contribution in [3.05, 3.63) is 69.0 Å². The molecule has 0 aliphatic heterocycles. The Labute approximate surface area is 142 Å². The van der Waals surface area contributed by atoms with Gasteiger partial charge in [-0.3, -0.25) is 4.79 Å². The third-order valence-corrected chi connectivity index (χ3v) is 5.42. The van der Waals surface area contributed by atoms with Crippen molar-refractivity contribution in [2.75, 3.05) is 6.54 Å². The van der Waals surface area contributed by atoms with E-state index >= 15 is 0 Å². The highest BCUT2D eigenvalue weighted by atomic mass is 35.5. The van der Waals surface area contributed by atoms with Gasteiger partial charge < -0.3 is 5.32 Å². The van der Waals surface area contributed by atoms with Crippen LogP contribution in [0.25, 0.3) is 10.1 Å². The summed E-state index contributed by atoms with van der Waals surface area (Å²) in [4.78, 5) is 12.8. The first-order valence-electron chi connectivity index (χ1n) is 6.85. The Balaban J connectivity index is 1.69. The first-order valence-corrected chi connectivity index (χ1v) is 8.42. The van der Waals surface area contributed by atoms with Crippen LogP contribution >= 0.6 is 34.5 Å². The van der Waals surface area contributed by atoms with Crippen LogP contribution in [0.15, 0.2) is 48.5 Å². The van der Waals surface area contributed by atoms with Crippen molar-refractivity contribution >= 4 is 50.5 Å². The van der Waals surface area contributed by atoms with Crippen LogP contribution in [0.3, 0.4) is 0 Å². The van der Waals surface area contributed by atoms with Crippen LogP contribution in [0.1, 0.15) is 15.2 Å². The molecule has 1 heterocycles. The first kappa shape index (κ1) is 15.3. The highest BCUT2D eigenvalue weighted by molar-refractivity contribution is 7.21. The number of hydrogen-bond donors (Lipinski definition) is 1. The van der Waals surface area contributed by atoms with Gasteiger partial charge in [-0.15, -0.1) is 11.3 Å². The van der Waals surface area contributed by atoms with Gasteiger partial charge in [0.15, 0.2) is 0 Å². The molecule has 0 saturated carbocycles. The third-order valence-electron chi connectivity index (χ3n) is 3.38.